The summed E-state index contributed by atoms with van der Waals surface area (Å²) in [6.07, 6.45) is 2.97. The number of fused-ring (bicyclic) bond motifs is 2. The molecule has 218 valence electrons. The zero-order valence-corrected chi connectivity index (χ0v) is 25.0. The molecular weight excluding hydrogens is 611 g/mol. The molecule has 5 aromatic rings. The molecule has 0 fully saturated rings. The van der Waals surface area contributed by atoms with Crippen molar-refractivity contribution < 1.29 is 19.1 Å². The average molecular weight is 636 g/mol. The van der Waals surface area contributed by atoms with E-state index in [4.69, 9.17) is 44.3 Å². The van der Waals surface area contributed by atoms with Gasteiger partial charge in [-0.05, 0) is 90.6 Å². The molecule has 0 aliphatic heterocycles. The number of esters is 1. The van der Waals surface area contributed by atoms with Crippen LogP contribution in [0.5, 0.6) is 11.5 Å². The van der Waals surface area contributed by atoms with Crippen LogP contribution in [0.25, 0.3) is 11.0 Å². The summed E-state index contributed by atoms with van der Waals surface area (Å²) in [7, 11) is 0. The van der Waals surface area contributed by atoms with Gasteiger partial charge in [0.05, 0.1) is 23.1 Å². The topological polar surface area (TPSA) is 95.3 Å². The number of carbonyl (C=O) groups excluding carboxylic acids is 2. The predicted octanol–water partition coefficient (Wildman–Crippen LogP) is 7.23. The lowest BCUT2D eigenvalue weighted by molar-refractivity contribution is -0.136. The minimum Gasteiger partial charge on any atom is -0.482 e. The van der Waals surface area contributed by atoms with Gasteiger partial charge in [0.1, 0.15) is 17.0 Å². The predicted molar refractivity (Wildman–Crippen MR) is 165 cm³/mol. The largest absolute Gasteiger partial charge is 0.482 e. The van der Waals surface area contributed by atoms with Gasteiger partial charge in [0, 0.05) is 15.6 Å². The first-order valence-corrected chi connectivity index (χ1v) is 14.8. The highest BCUT2D eigenvalue weighted by atomic mass is 35.5. The second kappa shape index (κ2) is 12.6. The third kappa shape index (κ3) is 6.62. The molecule has 1 aliphatic carbocycles. The number of carbonyl (C=O) groups is 2. The van der Waals surface area contributed by atoms with Crippen LogP contribution >= 0.6 is 34.8 Å². The molecule has 0 radical (unpaired) electrons. The van der Waals surface area contributed by atoms with Crippen molar-refractivity contribution >= 4 is 57.7 Å². The number of rotatable bonds is 8. The van der Waals surface area contributed by atoms with Crippen molar-refractivity contribution in [2.75, 3.05) is 6.61 Å². The second-order valence-corrected chi connectivity index (χ2v) is 11.4. The Balaban J connectivity index is 1.11. The molecule has 6 rings (SSSR count). The molecule has 43 heavy (non-hydrogen) atoms. The van der Waals surface area contributed by atoms with Gasteiger partial charge >= 0.3 is 5.97 Å². The fraction of sp³-hybridized carbons (Fsp3) is 0.188. The zero-order valence-electron chi connectivity index (χ0n) is 22.7. The number of hydrogen-bond donors (Lipinski definition) is 1. The van der Waals surface area contributed by atoms with Crippen LogP contribution in [0.4, 0.5) is 0 Å². The van der Waals surface area contributed by atoms with Crippen LogP contribution in [-0.2, 0) is 17.8 Å². The highest BCUT2D eigenvalue weighted by Crippen LogP contribution is 2.31. The van der Waals surface area contributed by atoms with Crippen molar-refractivity contribution in [2.45, 2.75) is 31.8 Å². The first-order valence-electron chi connectivity index (χ1n) is 13.6. The van der Waals surface area contributed by atoms with Crippen molar-refractivity contribution in [3.8, 4) is 11.5 Å². The summed E-state index contributed by atoms with van der Waals surface area (Å²) >= 11 is 18.4. The van der Waals surface area contributed by atoms with Gasteiger partial charge in [0.25, 0.3) is 5.91 Å². The standard InChI is InChI=1S/C32H25Cl3N4O4/c33-22-9-13-30(26(35)16-22)43-31(40)18-42-23-10-11-25(34)21(14-23)17-39-29-12-8-20(15-28(29)37-38-39)32(41)36-27-7-3-5-19-4-1-2-6-24(19)27/h1-2,4,6,8-16,27H,3,5,7,17-18H2,(H,36,41). The highest BCUT2D eigenvalue weighted by Gasteiger charge is 2.22. The third-order valence-electron chi connectivity index (χ3n) is 7.26. The molecule has 0 spiro atoms. The minimum atomic E-state index is -0.629. The molecule has 0 saturated carbocycles. The maximum atomic E-state index is 13.1. The summed E-state index contributed by atoms with van der Waals surface area (Å²) in [5.74, 6) is -0.167. The SMILES string of the molecule is O=C(COc1ccc(Cl)c(Cn2nnc3cc(C(=O)NC4CCCc5ccccc54)ccc32)c1)Oc1ccc(Cl)cc1Cl. The van der Waals surface area contributed by atoms with E-state index in [1.807, 2.05) is 18.2 Å². The molecule has 1 heterocycles. The first-order chi connectivity index (χ1) is 20.8. The number of ether oxygens (including phenoxy) is 2. The number of amides is 1. The van der Waals surface area contributed by atoms with Crippen molar-refractivity contribution in [1.82, 2.24) is 20.3 Å². The number of aromatic nitrogens is 3. The summed E-state index contributed by atoms with van der Waals surface area (Å²) in [5, 5.41) is 12.9. The summed E-state index contributed by atoms with van der Waals surface area (Å²) in [5.41, 5.74) is 5.02. The Morgan fingerprint density at radius 1 is 0.953 bits per heavy atom. The van der Waals surface area contributed by atoms with Crippen molar-refractivity contribution in [3.63, 3.8) is 0 Å². The van der Waals surface area contributed by atoms with Crippen LogP contribution in [0, 0.1) is 0 Å². The van der Waals surface area contributed by atoms with Crippen LogP contribution in [0.2, 0.25) is 15.1 Å². The maximum Gasteiger partial charge on any atom is 0.349 e. The van der Waals surface area contributed by atoms with Crippen molar-refractivity contribution in [2.24, 2.45) is 0 Å². The molecular formula is C32H25Cl3N4O4. The zero-order chi connectivity index (χ0) is 29.9. The van der Waals surface area contributed by atoms with Gasteiger partial charge in [0.2, 0.25) is 0 Å². The van der Waals surface area contributed by atoms with Gasteiger partial charge in [-0.1, -0.05) is 64.3 Å². The van der Waals surface area contributed by atoms with Gasteiger partial charge in [-0.2, -0.15) is 0 Å². The lowest BCUT2D eigenvalue weighted by Crippen LogP contribution is -2.30. The number of benzene rings is 4. The fourth-order valence-electron chi connectivity index (χ4n) is 5.15. The second-order valence-electron chi connectivity index (χ2n) is 10.2. The van der Waals surface area contributed by atoms with Crippen LogP contribution in [0.1, 0.15) is 45.9 Å². The van der Waals surface area contributed by atoms with E-state index in [9.17, 15) is 9.59 Å². The summed E-state index contributed by atoms with van der Waals surface area (Å²) in [6.45, 7) is -0.0503. The van der Waals surface area contributed by atoms with E-state index in [1.165, 1.54) is 23.3 Å². The van der Waals surface area contributed by atoms with Crippen molar-refractivity contribution in [1.29, 1.82) is 0 Å². The number of nitrogens with one attached hydrogen (secondary N) is 1. The molecule has 8 nitrogen and oxygen atoms in total. The van der Waals surface area contributed by atoms with Gasteiger partial charge in [-0.25, -0.2) is 9.48 Å². The Kier molecular flexibility index (Phi) is 8.51. The third-order valence-corrected chi connectivity index (χ3v) is 8.16. The fourth-order valence-corrected chi connectivity index (χ4v) is 5.78. The van der Waals surface area contributed by atoms with Gasteiger partial charge in [0.15, 0.2) is 6.61 Å². The molecule has 4 aromatic carbocycles. The summed E-state index contributed by atoms with van der Waals surface area (Å²) in [4.78, 5) is 25.4. The van der Waals surface area contributed by atoms with Crippen LogP contribution < -0.4 is 14.8 Å². The molecule has 1 unspecified atom stereocenters. The van der Waals surface area contributed by atoms with E-state index in [0.29, 0.717) is 39.0 Å². The normalized spacial score (nSPS) is 14.3. The number of aryl methyl sites for hydroxylation is 1. The highest BCUT2D eigenvalue weighted by molar-refractivity contribution is 6.35. The minimum absolute atomic E-state index is 0.0161. The van der Waals surface area contributed by atoms with Crippen molar-refractivity contribution in [3.05, 3.63) is 116 Å². The van der Waals surface area contributed by atoms with E-state index in [0.717, 1.165) is 24.8 Å². The lowest BCUT2D eigenvalue weighted by Gasteiger charge is -2.26. The number of halogens is 3. The van der Waals surface area contributed by atoms with Crippen LogP contribution in [0.3, 0.4) is 0 Å². The van der Waals surface area contributed by atoms with Gasteiger partial charge < -0.3 is 14.8 Å². The number of nitrogens with zero attached hydrogens (tertiary/aromatic N) is 3. The van der Waals surface area contributed by atoms with E-state index >= 15 is 0 Å². The molecule has 1 amide bonds. The van der Waals surface area contributed by atoms with E-state index in [1.54, 1.807) is 41.1 Å². The Morgan fingerprint density at radius 2 is 1.81 bits per heavy atom. The Hall–Kier alpha value is -4.11. The molecule has 1 N–H and O–H groups in total. The maximum absolute atomic E-state index is 13.1. The number of hydrogen-bond acceptors (Lipinski definition) is 6. The smallest absolute Gasteiger partial charge is 0.349 e. The van der Waals surface area contributed by atoms with Crippen LogP contribution in [-0.4, -0.2) is 33.5 Å². The molecule has 0 saturated heterocycles. The van der Waals surface area contributed by atoms with Gasteiger partial charge in [-0.15, -0.1) is 5.10 Å². The monoisotopic (exact) mass is 634 g/mol. The lowest BCUT2D eigenvalue weighted by atomic mass is 9.87. The molecule has 1 atom stereocenters. The summed E-state index contributed by atoms with van der Waals surface area (Å²) < 4.78 is 12.6. The Bertz CT molecular complexity index is 1840. The Labute approximate surface area is 262 Å². The van der Waals surface area contributed by atoms with E-state index in [-0.39, 0.29) is 29.3 Å². The molecule has 11 heteroatoms. The van der Waals surface area contributed by atoms with E-state index in [2.05, 4.69) is 27.8 Å². The first kappa shape index (κ1) is 29.0. The molecule has 1 aromatic heterocycles. The van der Waals surface area contributed by atoms with Crippen LogP contribution in [0.15, 0.2) is 78.9 Å². The quantitative estimate of drug-likeness (QED) is 0.143. The Morgan fingerprint density at radius 3 is 2.67 bits per heavy atom. The molecule has 1 aliphatic rings. The van der Waals surface area contributed by atoms with Gasteiger partial charge in [-0.3, -0.25) is 4.79 Å². The average Bonchev–Trinajstić information content (AvgIpc) is 3.41. The molecule has 0 bridgehead atoms. The van der Waals surface area contributed by atoms with E-state index < -0.39 is 5.97 Å². The summed E-state index contributed by atoms with van der Waals surface area (Å²) in [6, 6.07) is 23.2.